The van der Waals surface area contributed by atoms with Crippen molar-refractivity contribution in [2.24, 2.45) is 0 Å². The lowest BCUT2D eigenvalue weighted by Crippen LogP contribution is -1.93. The maximum atomic E-state index is 5.89. The molecule has 0 bridgehead atoms. The van der Waals surface area contributed by atoms with Gasteiger partial charge in [-0.15, -0.1) is 0 Å². The van der Waals surface area contributed by atoms with Crippen LogP contribution in [-0.4, -0.2) is 9.97 Å². The summed E-state index contributed by atoms with van der Waals surface area (Å²) in [7, 11) is 0. The molecule has 3 nitrogen and oxygen atoms in total. The Labute approximate surface area is 101 Å². The normalized spacial score (nSPS) is 10.0. The van der Waals surface area contributed by atoms with Gasteiger partial charge in [-0.05, 0) is 18.2 Å². The number of anilines is 2. The Morgan fingerprint density at radius 3 is 2.93 bits per heavy atom. The number of hydrogen-bond donors (Lipinski definition) is 1. The second-order valence-electron chi connectivity index (χ2n) is 2.86. The minimum atomic E-state index is 0.407. The largest absolute Gasteiger partial charge is 0.352 e. The first-order valence-electron chi connectivity index (χ1n) is 4.24. The molecule has 0 atom stereocenters. The van der Waals surface area contributed by atoms with Gasteiger partial charge in [-0.1, -0.05) is 33.6 Å². The van der Waals surface area contributed by atoms with Crippen LogP contribution >= 0.6 is 27.5 Å². The molecule has 0 saturated heterocycles. The Morgan fingerprint density at radius 2 is 2.20 bits per heavy atom. The third-order valence-electron chi connectivity index (χ3n) is 1.77. The van der Waals surface area contributed by atoms with Crippen LogP contribution in [0.5, 0.6) is 0 Å². The summed E-state index contributed by atoms with van der Waals surface area (Å²) in [6, 6.07) is 7.77. The molecule has 0 aliphatic rings. The van der Waals surface area contributed by atoms with Gasteiger partial charge in [-0.25, -0.2) is 9.97 Å². The first-order valence-corrected chi connectivity index (χ1v) is 5.41. The Balaban J connectivity index is 2.26. The highest BCUT2D eigenvalue weighted by atomic mass is 79.9. The zero-order valence-electron chi connectivity index (χ0n) is 7.61. The maximum Gasteiger partial charge on any atom is 0.155 e. The highest BCUT2D eigenvalue weighted by Gasteiger charge is 2.01. The van der Waals surface area contributed by atoms with Gasteiger partial charge < -0.3 is 5.32 Å². The predicted octanol–water partition coefficient (Wildman–Crippen LogP) is 3.64. The second kappa shape index (κ2) is 4.59. The smallest absolute Gasteiger partial charge is 0.155 e. The van der Waals surface area contributed by atoms with Crippen LogP contribution in [0.2, 0.25) is 5.15 Å². The van der Waals surface area contributed by atoms with Crippen molar-refractivity contribution in [2.75, 3.05) is 5.32 Å². The standard InChI is InChI=1S/C10H7BrClN3/c11-7-2-1-3-8(4-7)15-9-5-13-6-14-10(9)12/h1-6,15H. The second-order valence-corrected chi connectivity index (χ2v) is 4.14. The van der Waals surface area contributed by atoms with Gasteiger partial charge in [-0.3, -0.25) is 0 Å². The van der Waals surface area contributed by atoms with Crippen molar-refractivity contribution in [1.29, 1.82) is 0 Å². The van der Waals surface area contributed by atoms with E-state index in [4.69, 9.17) is 11.6 Å². The van der Waals surface area contributed by atoms with Crippen LogP contribution in [0.25, 0.3) is 0 Å². The number of rotatable bonds is 2. The van der Waals surface area contributed by atoms with Crippen LogP contribution < -0.4 is 5.32 Å². The highest BCUT2D eigenvalue weighted by molar-refractivity contribution is 9.10. The highest BCUT2D eigenvalue weighted by Crippen LogP contribution is 2.23. The summed E-state index contributed by atoms with van der Waals surface area (Å²) in [4.78, 5) is 7.77. The van der Waals surface area contributed by atoms with Gasteiger partial charge in [0.05, 0.1) is 11.9 Å². The average molecular weight is 285 g/mol. The summed E-state index contributed by atoms with van der Waals surface area (Å²) in [5.41, 5.74) is 1.62. The first kappa shape index (κ1) is 10.4. The van der Waals surface area contributed by atoms with Crippen LogP contribution in [0, 0.1) is 0 Å². The molecule has 0 unspecified atom stereocenters. The topological polar surface area (TPSA) is 37.8 Å². The van der Waals surface area contributed by atoms with E-state index in [0.717, 1.165) is 10.2 Å². The lowest BCUT2D eigenvalue weighted by atomic mass is 10.3. The van der Waals surface area contributed by atoms with E-state index < -0.39 is 0 Å². The molecular weight excluding hydrogens is 277 g/mol. The zero-order chi connectivity index (χ0) is 10.7. The predicted molar refractivity (Wildman–Crippen MR) is 64.5 cm³/mol. The van der Waals surface area contributed by atoms with Crippen molar-refractivity contribution < 1.29 is 0 Å². The van der Waals surface area contributed by atoms with Crippen LogP contribution in [0.1, 0.15) is 0 Å². The number of hydrogen-bond acceptors (Lipinski definition) is 3. The van der Waals surface area contributed by atoms with Crippen LogP contribution in [0.4, 0.5) is 11.4 Å². The van der Waals surface area contributed by atoms with Crippen molar-refractivity contribution >= 4 is 38.9 Å². The summed E-state index contributed by atoms with van der Waals surface area (Å²) in [5, 5.41) is 3.53. The summed E-state index contributed by atoms with van der Waals surface area (Å²) in [5.74, 6) is 0. The number of nitrogens with one attached hydrogen (secondary N) is 1. The third-order valence-corrected chi connectivity index (χ3v) is 2.56. The molecule has 0 aliphatic carbocycles. The molecule has 0 spiro atoms. The van der Waals surface area contributed by atoms with Crippen molar-refractivity contribution in [3.63, 3.8) is 0 Å². The average Bonchev–Trinajstić information content (AvgIpc) is 2.22. The Bertz CT molecular complexity index is 476. The molecule has 5 heteroatoms. The monoisotopic (exact) mass is 283 g/mol. The summed E-state index contributed by atoms with van der Waals surface area (Å²) in [6.07, 6.45) is 3.05. The molecule has 0 fully saturated rings. The van der Waals surface area contributed by atoms with E-state index in [1.165, 1.54) is 6.33 Å². The van der Waals surface area contributed by atoms with Gasteiger partial charge in [0.25, 0.3) is 0 Å². The minimum Gasteiger partial charge on any atom is -0.352 e. The minimum absolute atomic E-state index is 0.407. The molecule has 0 amide bonds. The summed E-state index contributed by atoms with van der Waals surface area (Å²) in [6.45, 7) is 0. The van der Waals surface area contributed by atoms with Crippen molar-refractivity contribution in [3.8, 4) is 0 Å². The van der Waals surface area contributed by atoms with E-state index in [9.17, 15) is 0 Å². The SMILES string of the molecule is Clc1ncncc1Nc1cccc(Br)c1. The van der Waals surface area contributed by atoms with Gasteiger partial charge in [0, 0.05) is 10.2 Å². The lowest BCUT2D eigenvalue weighted by molar-refractivity contribution is 1.17. The molecule has 0 saturated carbocycles. The summed E-state index contributed by atoms with van der Waals surface area (Å²) >= 11 is 9.28. The Hall–Kier alpha value is -1.13. The Morgan fingerprint density at radius 1 is 1.33 bits per heavy atom. The van der Waals surface area contributed by atoms with E-state index in [0.29, 0.717) is 10.8 Å². The van der Waals surface area contributed by atoms with Crippen molar-refractivity contribution in [3.05, 3.63) is 46.4 Å². The fraction of sp³-hybridized carbons (Fsp3) is 0. The Kier molecular flexibility index (Phi) is 3.18. The zero-order valence-corrected chi connectivity index (χ0v) is 9.96. The number of aromatic nitrogens is 2. The van der Waals surface area contributed by atoms with Crippen molar-refractivity contribution in [1.82, 2.24) is 9.97 Å². The van der Waals surface area contributed by atoms with Gasteiger partial charge in [0.1, 0.15) is 6.33 Å². The number of nitrogens with zero attached hydrogens (tertiary/aromatic N) is 2. The van der Waals surface area contributed by atoms with Crippen LogP contribution in [0.3, 0.4) is 0 Å². The van der Waals surface area contributed by atoms with Gasteiger partial charge in [-0.2, -0.15) is 0 Å². The molecule has 15 heavy (non-hydrogen) atoms. The number of halogens is 2. The molecular formula is C10H7BrClN3. The molecule has 76 valence electrons. The van der Waals surface area contributed by atoms with E-state index in [1.54, 1.807) is 6.20 Å². The molecule has 1 aromatic carbocycles. The van der Waals surface area contributed by atoms with Crippen molar-refractivity contribution in [2.45, 2.75) is 0 Å². The fourth-order valence-corrected chi connectivity index (χ4v) is 1.66. The van der Waals surface area contributed by atoms with E-state index in [1.807, 2.05) is 24.3 Å². The number of benzene rings is 1. The molecule has 0 radical (unpaired) electrons. The molecule has 1 heterocycles. The lowest BCUT2D eigenvalue weighted by Gasteiger charge is -2.06. The maximum absolute atomic E-state index is 5.89. The van der Waals surface area contributed by atoms with E-state index in [-0.39, 0.29) is 0 Å². The quantitative estimate of drug-likeness (QED) is 0.856. The van der Waals surface area contributed by atoms with Crippen LogP contribution in [-0.2, 0) is 0 Å². The van der Waals surface area contributed by atoms with E-state index >= 15 is 0 Å². The molecule has 1 aromatic heterocycles. The molecule has 2 aromatic rings. The molecule has 0 aliphatic heterocycles. The molecule has 1 N–H and O–H groups in total. The van der Waals surface area contributed by atoms with E-state index in [2.05, 4.69) is 31.2 Å². The third kappa shape index (κ3) is 2.67. The van der Waals surface area contributed by atoms with Crippen LogP contribution in [0.15, 0.2) is 41.3 Å². The first-order chi connectivity index (χ1) is 7.25. The molecule has 2 rings (SSSR count). The van der Waals surface area contributed by atoms with Gasteiger partial charge >= 0.3 is 0 Å². The summed E-state index contributed by atoms with van der Waals surface area (Å²) < 4.78 is 1.00. The van der Waals surface area contributed by atoms with Gasteiger partial charge in [0.2, 0.25) is 0 Å². The fourth-order valence-electron chi connectivity index (χ4n) is 1.12. The van der Waals surface area contributed by atoms with Gasteiger partial charge in [0.15, 0.2) is 5.15 Å².